The zero-order valence-corrected chi connectivity index (χ0v) is 21.6. The second-order valence-corrected chi connectivity index (χ2v) is 10.8. The Bertz CT molecular complexity index is 1430. The third-order valence-corrected chi connectivity index (χ3v) is 8.29. The van der Waals surface area contributed by atoms with Crippen molar-refractivity contribution in [3.05, 3.63) is 35.4 Å². The van der Waals surface area contributed by atoms with E-state index in [4.69, 9.17) is 21.6 Å². The van der Waals surface area contributed by atoms with Crippen LogP contribution in [0, 0.1) is 5.92 Å². The predicted octanol–water partition coefficient (Wildman–Crippen LogP) is 4.50. The fraction of sp³-hybridized carbons (Fsp3) is 0.440. The van der Waals surface area contributed by atoms with E-state index in [9.17, 15) is 4.79 Å². The standard InChI is InChI=1S/C25H27ClN8OS/c1-2-17-21(26)20-23(30-17)31-25(36-16-12-18-22(29-13-16)28-8-7-27-18)32-24(20)33-10-5-15(6-11-33)14-34-9-3-4-19(34)35/h7-8,12-13,15H,2-6,9-11,14H2,1H3,(H,30,31,32). The number of carbonyl (C=O) groups is 1. The van der Waals surface area contributed by atoms with Crippen LogP contribution in [0.25, 0.3) is 22.2 Å². The van der Waals surface area contributed by atoms with Crippen LogP contribution in [0.5, 0.6) is 0 Å². The predicted molar refractivity (Wildman–Crippen MR) is 140 cm³/mol. The van der Waals surface area contributed by atoms with Crippen LogP contribution in [0.2, 0.25) is 5.02 Å². The van der Waals surface area contributed by atoms with Gasteiger partial charge in [0.2, 0.25) is 5.91 Å². The number of likely N-dealkylation sites (tertiary alicyclic amines) is 1. The molecule has 6 heterocycles. The Labute approximate surface area is 218 Å². The smallest absolute Gasteiger partial charge is 0.222 e. The minimum Gasteiger partial charge on any atom is -0.356 e. The number of nitrogens with zero attached hydrogens (tertiary/aromatic N) is 7. The number of halogens is 1. The van der Waals surface area contributed by atoms with E-state index in [-0.39, 0.29) is 0 Å². The highest BCUT2D eigenvalue weighted by Crippen LogP contribution is 2.38. The Balaban J connectivity index is 1.28. The minimum absolute atomic E-state index is 0.303. The van der Waals surface area contributed by atoms with Gasteiger partial charge in [-0.25, -0.2) is 19.9 Å². The molecule has 0 bridgehead atoms. The summed E-state index contributed by atoms with van der Waals surface area (Å²) in [6, 6.07) is 1.96. The van der Waals surface area contributed by atoms with E-state index in [1.165, 1.54) is 11.8 Å². The maximum absolute atomic E-state index is 12.1. The molecule has 36 heavy (non-hydrogen) atoms. The molecule has 4 aromatic heterocycles. The molecule has 0 saturated carbocycles. The van der Waals surface area contributed by atoms with Gasteiger partial charge in [0.1, 0.15) is 17.0 Å². The number of carbonyl (C=O) groups excluding carboxylic acids is 1. The zero-order valence-electron chi connectivity index (χ0n) is 20.1. The van der Waals surface area contributed by atoms with Gasteiger partial charge in [-0.15, -0.1) is 0 Å². The Morgan fingerprint density at radius 3 is 2.75 bits per heavy atom. The van der Waals surface area contributed by atoms with Gasteiger partial charge in [-0.2, -0.15) is 0 Å². The van der Waals surface area contributed by atoms with Gasteiger partial charge in [-0.05, 0) is 49.4 Å². The van der Waals surface area contributed by atoms with Crippen LogP contribution >= 0.6 is 23.4 Å². The van der Waals surface area contributed by atoms with Gasteiger partial charge in [0.15, 0.2) is 10.8 Å². The quantitative estimate of drug-likeness (QED) is 0.369. The third kappa shape index (κ3) is 4.48. The van der Waals surface area contributed by atoms with Crippen molar-refractivity contribution in [1.29, 1.82) is 0 Å². The van der Waals surface area contributed by atoms with Crippen LogP contribution in [-0.4, -0.2) is 66.9 Å². The summed E-state index contributed by atoms with van der Waals surface area (Å²) in [4.78, 5) is 43.6. The van der Waals surface area contributed by atoms with Crippen molar-refractivity contribution in [3.8, 4) is 0 Å². The molecular formula is C25H27ClN8OS. The van der Waals surface area contributed by atoms with Gasteiger partial charge in [0, 0.05) is 61.8 Å². The van der Waals surface area contributed by atoms with E-state index in [0.29, 0.717) is 34.1 Å². The van der Waals surface area contributed by atoms with E-state index in [0.717, 1.165) is 84.8 Å². The SMILES string of the molecule is CCc1[nH]c2nc(Sc3cnc4nccnc4c3)nc(N3CCC(CN4CCCC4=O)CC3)c2c1Cl. The molecule has 4 aromatic rings. The average molecular weight is 523 g/mol. The number of nitrogens with one attached hydrogen (secondary N) is 1. The molecule has 9 nitrogen and oxygen atoms in total. The largest absolute Gasteiger partial charge is 0.356 e. The molecule has 0 unspecified atom stereocenters. The van der Waals surface area contributed by atoms with Crippen molar-refractivity contribution >= 4 is 57.3 Å². The zero-order chi connectivity index (χ0) is 24.6. The molecule has 186 valence electrons. The molecule has 0 atom stereocenters. The first-order valence-corrected chi connectivity index (χ1v) is 13.6. The van der Waals surface area contributed by atoms with Crippen molar-refractivity contribution in [2.24, 2.45) is 5.92 Å². The van der Waals surface area contributed by atoms with Crippen LogP contribution in [0.15, 0.2) is 34.7 Å². The van der Waals surface area contributed by atoms with Crippen molar-refractivity contribution in [1.82, 2.24) is 34.8 Å². The molecule has 2 aliphatic rings. The number of fused-ring (bicyclic) bond motifs is 2. The number of hydrogen-bond donors (Lipinski definition) is 1. The summed E-state index contributed by atoms with van der Waals surface area (Å²) in [6.07, 6.45) is 9.59. The van der Waals surface area contributed by atoms with Crippen LogP contribution in [0.4, 0.5) is 5.82 Å². The van der Waals surface area contributed by atoms with Crippen LogP contribution in [0.1, 0.15) is 38.3 Å². The van der Waals surface area contributed by atoms with Gasteiger partial charge in [0.25, 0.3) is 0 Å². The summed E-state index contributed by atoms with van der Waals surface area (Å²) >= 11 is 8.26. The molecule has 11 heteroatoms. The molecule has 6 rings (SSSR count). The summed E-state index contributed by atoms with van der Waals surface area (Å²) in [6.45, 7) is 5.60. The number of amides is 1. The normalized spacial score (nSPS) is 17.1. The molecule has 0 spiro atoms. The highest BCUT2D eigenvalue weighted by Gasteiger charge is 2.28. The fourth-order valence-electron chi connectivity index (χ4n) is 5.13. The topological polar surface area (TPSA) is 104 Å². The van der Waals surface area contributed by atoms with Crippen LogP contribution in [0.3, 0.4) is 0 Å². The van der Waals surface area contributed by atoms with Crippen molar-refractivity contribution < 1.29 is 4.79 Å². The van der Waals surface area contributed by atoms with Gasteiger partial charge in [-0.1, -0.05) is 18.5 Å². The van der Waals surface area contributed by atoms with Crippen LogP contribution in [-0.2, 0) is 11.2 Å². The Morgan fingerprint density at radius 1 is 1.14 bits per heavy atom. The maximum atomic E-state index is 12.1. The van der Waals surface area contributed by atoms with E-state index < -0.39 is 0 Å². The van der Waals surface area contributed by atoms with Crippen molar-refractivity contribution in [2.45, 2.75) is 49.1 Å². The minimum atomic E-state index is 0.303. The second kappa shape index (κ2) is 9.82. The van der Waals surface area contributed by atoms with E-state index in [1.54, 1.807) is 18.6 Å². The van der Waals surface area contributed by atoms with E-state index in [2.05, 4.69) is 31.8 Å². The first-order chi connectivity index (χ1) is 17.6. The number of piperidine rings is 1. The van der Waals surface area contributed by atoms with Crippen LogP contribution < -0.4 is 4.90 Å². The summed E-state index contributed by atoms with van der Waals surface area (Å²) < 4.78 is 0. The Hall–Kier alpha value is -2.98. The number of hydrogen-bond acceptors (Lipinski definition) is 8. The maximum Gasteiger partial charge on any atom is 0.222 e. The molecular weight excluding hydrogens is 496 g/mol. The first-order valence-electron chi connectivity index (χ1n) is 12.4. The molecule has 2 fully saturated rings. The van der Waals surface area contributed by atoms with Crippen molar-refractivity contribution in [3.63, 3.8) is 0 Å². The third-order valence-electron chi connectivity index (χ3n) is 7.05. The monoisotopic (exact) mass is 522 g/mol. The molecule has 2 saturated heterocycles. The summed E-state index contributed by atoms with van der Waals surface area (Å²) in [7, 11) is 0. The highest BCUT2D eigenvalue weighted by molar-refractivity contribution is 7.99. The lowest BCUT2D eigenvalue weighted by Gasteiger charge is -2.35. The number of anilines is 1. The molecule has 2 aliphatic heterocycles. The number of rotatable bonds is 6. The average Bonchev–Trinajstić information content (AvgIpc) is 3.45. The second-order valence-electron chi connectivity index (χ2n) is 9.37. The first kappa shape index (κ1) is 23.4. The molecule has 1 amide bonds. The lowest BCUT2D eigenvalue weighted by atomic mass is 9.96. The van der Waals surface area contributed by atoms with E-state index in [1.807, 2.05) is 11.0 Å². The van der Waals surface area contributed by atoms with Gasteiger partial charge in [-0.3, -0.25) is 9.78 Å². The molecule has 0 aliphatic carbocycles. The summed E-state index contributed by atoms with van der Waals surface area (Å²) in [5.74, 6) is 1.69. The number of H-pyrrole nitrogens is 1. The molecule has 0 radical (unpaired) electrons. The lowest BCUT2D eigenvalue weighted by Crippen LogP contribution is -2.39. The lowest BCUT2D eigenvalue weighted by molar-refractivity contribution is -0.128. The molecule has 1 N–H and O–H groups in total. The highest BCUT2D eigenvalue weighted by atomic mass is 35.5. The number of aryl methyl sites for hydroxylation is 1. The van der Waals surface area contributed by atoms with Crippen molar-refractivity contribution in [2.75, 3.05) is 31.1 Å². The fourth-order valence-corrected chi connectivity index (χ4v) is 6.24. The van der Waals surface area contributed by atoms with Gasteiger partial charge in [0.05, 0.1) is 10.4 Å². The number of pyridine rings is 1. The van der Waals surface area contributed by atoms with Gasteiger partial charge >= 0.3 is 0 Å². The number of aromatic amines is 1. The summed E-state index contributed by atoms with van der Waals surface area (Å²) in [5, 5.41) is 2.22. The number of aromatic nitrogens is 6. The van der Waals surface area contributed by atoms with Gasteiger partial charge < -0.3 is 14.8 Å². The van der Waals surface area contributed by atoms with E-state index >= 15 is 0 Å². The Kier molecular flexibility index (Phi) is 6.39. The molecule has 0 aromatic carbocycles. The summed E-state index contributed by atoms with van der Waals surface area (Å²) in [5.41, 5.74) is 3.07. The Morgan fingerprint density at radius 2 is 1.97 bits per heavy atom.